The van der Waals surface area contributed by atoms with Crippen molar-refractivity contribution in [1.82, 2.24) is 30.8 Å². The summed E-state index contributed by atoms with van der Waals surface area (Å²) in [4.78, 5) is 10.6. The first-order valence-corrected chi connectivity index (χ1v) is 9.08. The molecule has 10 heteroatoms. The number of nitrogens with one attached hydrogen (secondary N) is 2. The molecule has 3 aromatic carbocycles. The van der Waals surface area contributed by atoms with Gasteiger partial charge in [0.1, 0.15) is 40.2 Å². The van der Waals surface area contributed by atoms with Gasteiger partial charge in [0.2, 0.25) is 6.79 Å². The van der Waals surface area contributed by atoms with Gasteiger partial charge in [0.15, 0.2) is 5.75 Å². The number of hydrogen-bond donors (Lipinski definition) is 2. The third-order valence-corrected chi connectivity index (χ3v) is 4.32. The van der Waals surface area contributed by atoms with Gasteiger partial charge in [0.25, 0.3) is 0 Å². The van der Waals surface area contributed by atoms with E-state index in [0.717, 1.165) is 27.6 Å². The largest absolute Gasteiger partial charge is 0.457 e. The normalized spacial score (nSPS) is 11.1. The van der Waals surface area contributed by atoms with E-state index >= 15 is 0 Å². The van der Waals surface area contributed by atoms with Gasteiger partial charge in [-0.1, -0.05) is 6.07 Å². The number of H-pyrrole nitrogens is 2. The Hall–Kier alpha value is -4.18. The minimum atomic E-state index is 0.0601. The van der Waals surface area contributed by atoms with Crippen LogP contribution in [0.3, 0.4) is 0 Å². The minimum absolute atomic E-state index is 0.0601. The van der Waals surface area contributed by atoms with Gasteiger partial charge in [-0.15, -0.1) is 0 Å². The van der Waals surface area contributed by atoms with Crippen LogP contribution in [0, 0.1) is 0 Å². The molecule has 2 aromatic heterocycles. The van der Waals surface area contributed by atoms with Crippen molar-refractivity contribution in [2.45, 2.75) is 6.61 Å². The summed E-state index contributed by atoms with van der Waals surface area (Å²) < 4.78 is 11.2. The highest BCUT2D eigenvalue weighted by Crippen LogP contribution is 2.20. The van der Waals surface area contributed by atoms with Gasteiger partial charge in [0.05, 0.1) is 0 Å². The van der Waals surface area contributed by atoms with Crippen LogP contribution in [0.25, 0.3) is 22.1 Å². The van der Waals surface area contributed by atoms with Crippen molar-refractivity contribution in [2.24, 2.45) is 0 Å². The molecule has 0 saturated heterocycles. The Morgan fingerprint density at radius 3 is 2.00 bits per heavy atom. The molecule has 0 aliphatic carbocycles. The van der Waals surface area contributed by atoms with Crippen molar-refractivity contribution >= 4 is 22.1 Å². The lowest BCUT2D eigenvalue weighted by Crippen LogP contribution is -2.05. The topological polar surface area (TPSA) is 120 Å². The highest BCUT2D eigenvalue weighted by atomic mass is 17.2. The van der Waals surface area contributed by atoms with Crippen molar-refractivity contribution < 1.29 is 19.2 Å². The standard InChI is InChI=1S/C20H16N6O4/c1-7-17-19(23-25-21-17)9-13(1)11-29-30-15-4-2-14(3-5-15)27-12-28-16-6-8-18-20(10-16)24-26-22-18/h1-10H,11-12H2,(H,21,23,25)(H,22,24,26). The summed E-state index contributed by atoms with van der Waals surface area (Å²) in [6.45, 7) is 0.343. The lowest BCUT2D eigenvalue weighted by Gasteiger charge is -2.09. The van der Waals surface area contributed by atoms with Crippen molar-refractivity contribution in [1.29, 1.82) is 0 Å². The van der Waals surface area contributed by atoms with Gasteiger partial charge in [-0.25, -0.2) is 0 Å². The highest BCUT2D eigenvalue weighted by Gasteiger charge is 2.03. The predicted molar refractivity (Wildman–Crippen MR) is 106 cm³/mol. The number of hydrogen-bond acceptors (Lipinski definition) is 8. The lowest BCUT2D eigenvalue weighted by molar-refractivity contribution is -0.217. The van der Waals surface area contributed by atoms with E-state index in [9.17, 15) is 0 Å². The number of ether oxygens (including phenoxy) is 2. The van der Waals surface area contributed by atoms with Gasteiger partial charge in [-0.3, -0.25) is 0 Å². The number of aromatic nitrogens is 6. The Labute approximate surface area is 169 Å². The summed E-state index contributed by atoms with van der Waals surface area (Å²) >= 11 is 0. The van der Waals surface area contributed by atoms with Crippen LogP contribution in [0.1, 0.15) is 5.56 Å². The SMILES string of the molecule is c1cc2n[nH]nc2cc1COOc1ccc(OCOc2ccc3n[nH]nc3c2)cc1. The molecule has 2 heterocycles. The zero-order valence-electron chi connectivity index (χ0n) is 15.6. The van der Waals surface area contributed by atoms with Gasteiger partial charge in [0, 0.05) is 6.07 Å². The first kappa shape index (κ1) is 17.9. The van der Waals surface area contributed by atoms with E-state index in [2.05, 4.69) is 30.8 Å². The fourth-order valence-electron chi connectivity index (χ4n) is 2.81. The van der Waals surface area contributed by atoms with Crippen LogP contribution in [0.2, 0.25) is 0 Å². The van der Waals surface area contributed by atoms with Crippen molar-refractivity contribution in [3.63, 3.8) is 0 Å². The van der Waals surface area contributed by atoms with E-state index < -0.39 is 0 Å². The molecule has 5 rings (SSSR count). The first-order valence-electron chi connectivity index (χ1n) is 9.08. The second-order valence-corrected chi connectivity index (χ2v) is 6.34. The minimum Gasteiger partial charge on any atom is -0.457 e. The smallest absolute Gasteiger partial charge is 0.230 e. The monoisotopic (exact) mass is 404 g/mol. The van der Waals surface area contributed by atoms with Crippen molar-refractivity contribution in [3.8, 4) is 17.2 Å². The van der Waals surface area contributed by atoms with Crippen molar-refractivity contribution in [3.05, 3.63) is 66.2 Å². The second kappa shape index (κ2) is 8.05. The maximum Gasteiger partial charge on any atom is 0.230 e. The van der Waals surface area contributed by atoms with Crippen LogP contribution < -0.4 is 14.4 Å². The van der Waals surface area contributed by atoms with E-state index in [-0.39, 0.29) is 13.4 Å². The van der Waals surface area contributed by atoms with Crippen LogP contribution in [-0.4, -0.2) is 37.6 Å². The van der Waals surface area contributed by atoms with Crippen LogP contribution in [0.5, 0.6) is 17.2 Å². The Bertz CT molecular complexity index is 1170. The molecule has 5 aromatic rings. The van der Waals surface area contributed by atoms with Crippen LogP contribution in [0.15, 0.2) is 60.7 Å². The molecule has 0 bridgehead atoms. The van der Waals surface area contributed by atoms with E-state index in [1.807, 2.05) is 30.3 Å². The van der Waals surface area contributed by atoms with E-state index in [1.165, 1.54) is 0 Å². The zero-order valence-corrected chi connectivity index (χ0v) is 15.6. The van der Waals surface area contributed by atoms with Crippen LogP contribution >= 0.6 is 0 Å². The van der Waals surface area contributed by atoms with Crippen LogP contribution in [0.4, 0.5) is 0 Å². The Kier molecular flexibility index (Phi) is 4.80. The lowest BCUT2D eigenvalue weighted by atomic mass is 10.2. The molecule has 0 radical (unpaired) electrons. The molecule has 0 atom stereocenters. The molecule has 10 nitrogen and oxygen atoms in total. The van der Waals surface area contributed by atoms with E-state index in [0.29, 0.717) is 17.2 Å². The molecule has 0 saturated carbocycles. The molecule has 30 heavy (non-hydrogen) atoms. The highest BCUT2D eigenvalue weighted by molar-refractivity contribution is 5.75. The average molecular weight is 404 g/mol. The number of benzene rings is 3. The molecule has 0 spiro atoms. The Morgan fingerprint density at radius 2 is 1.20 bits per heavy atom. The summed E-state index contributed by atoms with van der Waals surface area (Å²) in [5.74, 6) is 1.84. The van der Waals surface area contributed by atoms with E-state index in [4.69, 9.17) is 19.2 Å². The molecule has 0 fully saturated rings. The Balaban J connectivity index is 1.09. The Morgan fingerprint density at radius 1 is 0.600 bits per heavy atom. The number of nitrogens with zero attached hydrogens (tertiary/aromatic N) is 4. The van der Waals surface area contributed by atoms with Gasteiger partial charge in [-0.05, 0) is 54.1 Å². The van der Waals surface area contributed by atoms with E-state index in [1.54, 1.807) is 30.3 Å². The molecule has 0 aliphatic rings. The number of rotatable bonds is 8. The van der Waals surface area contributed by atoms with Crippen molar-refractivity contribution in [2.75, 3.05) is 6.79 Å². The fraction of sp³-hybridized carbons (Fsp3) is 0.100. The summed E-state index contributed by atoms with van der Waals surface area (Å²) in [6.07, 6.45) is 0. The molecule has 150 valence electrons. The summed E-state index contributed by atoms with van der Waals surface area (Å²) in [5.41, 5.74) is 4.02. The first-order chi connectivity index (χ1) is 14.8. The third kappa shape index (κ3) is 3.98. The summed E-state index contributed by atoms with van der Waals surface area (Å²) in [5, 5.41) is 21.2. The molecular formula is C20H16N6O4. The van der Waals surface area contributed by atoms with Gasteiger partial charge >= 0.3 is 0 Å². The quantitative estimate of drug-likeness (QED) is 0.230. The maximum atomic E-state index is 5.59. The van der Waals surface area contributed by atoms with Gasteiger partial charge < -0.3 is 14.4 Å². The number of fused-ring (bicyclic) bond motifs is 2. The molecule has 2 N–H and O–H groups in total. The molecule has 0 amide bonds. The average Bonchev–Trinajstić information content (AvgIpc) is 3.43. The molecule has 0 aliphatic heterocycles. The molecular weight excluding hydrogens is 388 g/mol. The summed E-state index contributed by atoms with van der Waals surface area (Å²) in [6, 6.07) is 18.1. The summed E-state index contributed by atoms with van der Waals surface area (Å²) in [7, 11) is 0. The molecule has 0 unspecified atom stereocenters. The second-order valence-electron chi connectivity index (χ2n) is 6.34. The predicted octanol–water partition coefficient (Wildman–Crippen LogP) is 3.16. The zero-order chi connectivity index (χ0) is 20.2. The number of aromatic amines is 2. The van der Waals surface area contributed by atoms with Crippen LogP contribution in [-0.2, 0) is 11.5 Å². The maximum absolute atomic E-state index is 5.59. The third-order valence-electron chi connectivity index (χ3n) is 4.32. The van der Waals surface area contributed by atoms with Gasteiger partial charge in [-0.2, -0.15) is 35.7 Å². The fourth-order valence-corrected chi connectivity index (χ4v) is 2.81.